The fraction of sp³-hybridized carbons (Fsp3) is 0.600. The van der Waals surface area contributed by atoms with Crippen LogP contribution in [0.1, 0.15) is 31.2 Å². The molecule has 0 bridgehead atoms. The van der Waals surface area contributed by atoms with Crippen molar-refractivity contribution in [1.82, 2.24) is 0 Å². The van der Waals surface area contributed by atoms with Crippen LogP contribution in [0, 0.1) is 5.92 Å². The molecule has 1 aliphatic carbocycles. The van der Waals surface area contributed by atoms with E-state index in [1.807, 2.05) is 24.3 Å². The summed E-state index contributed by atoms with van der Waals surface area (Å²) in [5.41, 5.74) is 7.35. The highest BCUT2D eigenvalue weighted by atomic mass is 35.5. The van der Waals surface area contributed by atoms with Gasteiger partial charge >= 0.3 is 0 Å². The second-order valence-electron chi connectivity index (χ2n) is 5.84. The van der Waals surface area contributed by atoms with Crippen LogP contribution in [0.25, 0.3) is 0 Å². The van der Waals surface area contributed by atoms with Gasteiger partial charge in [0.2, 0.25) is 0 Å². The van der Waals surface area contributed by atoms with Crippen molar-refractivity contribution in [2.75, 3.05) is 6.26 Å². The molecular formula is C15H22ClNO2S. The lowest BCUT2D eigenvalue weighted by Gasteiger charge is -2.32. The molecule has 1 saturated carbocycles. The molecule has 2 rings (SSSR count). The van der Waals surface area contributed by atoms with Crippen LogP contribution in [-0.2, 0) is 16.3 Å². The minimum atomic E-state index is -2.95. The molecule has 1 fully saturated rings. The van der Waals surface area contributed by atoms with E-state index in [0.717, 1.165) is 29.8 Å². The standard InChI is InChI=1S/C15H22ClNO2S/c1-20(18,19)13-7-4-6-12(9-13)15(17)10-11-5-2-3-8-14(11)16/h2-3,5,8,12-13,15H,4,6-7,9-10,17H2,1H3. The summed E-state index contributed by atoms with van der Waals surface area (Å²) < 4.78 is 23.4. The van der Waals surface area contributed by atoms with Crippen LogP contribution in [0.3, 0.4) is 0 Å². The van der Waals surface area contributed by atoms with Crippen molar-refractivity contribution in [3.05, 3.63) is 34.9 Å². The molecule has 5 heteroatoms. The summed E-state index contributed by atoms with van der Waals surface area (Å²) in [6.07, 6.45) is 5.45. The molecule has 0 amide bonds. The van der Waals surface area contributed by atoms with E-state index in [-0.39, 0.29) is 17.2 Å². The van der Waals surface area contributed by atoms with E-state index in [2.05, 4.69) is 0 Å². The molecule has 1 aromatic carbocycles. The van der Waals surface area contributed by atoms with Gasteiger partial charge in [-0.15, -0.1) is 0 Å². The van der Waals surface area contributed by atoms with Gasteiger partial charge in [-0.25, -0.2) is 8.42 Å². The SMILES string of the molecule is CS(=O)(=O)C1CCCC(C(N)Cc2ccccc2Cl)C1. The number of halogens is 1. The van der Waals surface area contributed by atoms with E-state index in [9.17, 15) is 8.42 Å². The van der Waals surface area contributed by atoms with Crippen molar-refractivity contribution in [3.8, 4) is 0 Å². The topological polar surface area (TPSA) is 60.2 Å². The Morgan fingerprint density at radius 3 is 2.70 bits per heavy atom. The molecule has 112 valence electrons. The van der Waals surface area contributed by atoms with Crippen molar-refractivity contribution in [2.24, 2.45) is 11.7 Å². The summed E-state index contributed by atoms with van der Waals surface area (Å²) in [6, 6.07) is 7.67. The lowest BCUT2D eigenvalue weighted by molar-refractivity contribution is 0.304. The predicted octanol–water partition coefficient (Wildman–Crippen LogP) is 2.81. The minimum absolute atomic E-state index is 0.0283. The van der Waals surface area contributed by atoms with Gasteiger partial charge in [0.15, 0.2) is 0 Å². The van der Waals surface area contributed by atoms with Crippen molar-refractivity contribution in [2.45, 2.75) is 43.4 Å². The first-order valence-electron chi connectivity index (χ1n) is 7.06. The summed E-state index contributed by atoms with van der Waals surface area (Å²) in [7, 11) is -2.95. The number of rotatable bonds is 4. The Balaban J connectivity index is 2.02. The normalized spacial score (nSPS) is 25.4. The van der Waals surface area contributed by atoms with E-state index < -0.39 is 9.84 Å². The Hall–Kier alpha value is -0.580. The molecule has 0 saturated heterocycles. The summed E-state index contributed by atoms with van der Waals surface area (Å²) in [5, 5.41) is 0.511. The van der Waals surface area contributed by atoms with Crippen molar-refractivity contribution in [3.63, 3.8) is 0 Å². The maximum absolute atomic E-state index is 11.7. The van der Waals surface area contributed by atoms with E-state index in [4.69, 9.17) is 17.3 Å². The molecule has 0 aromatic heterocycles. The molecule has 3 nitrogen and oxygen atoms in total. The second-order valence-corrected chi connectivity index (χ2v) is 8.57. The highest BCUT2D eigenvalue weighted by molar-refractivity contribution is 7.91. The molecule has 3 unspecified atom stereocenters. The highest BCUT2D eigenvalue weighted by Gasteiger charge is 2.31. The van der Waals surface area contributed by atoms with Crippen LogP contribution in [0.2, 0.25) is 5.02 Å². The summed E-state index contributed by atoms with van der Waals surface area (Å²) >= 11 is 6.16. The third-order valence-corrected chi connectivity index (χ3v) is 6.30. The van der Waals surface area contributed by atoms with Crippen LogP contribution < -0.4 is 5.73 Å². The lowest BCUT2D eigenvalue weighted by Crippen LogP contribution is -2.38. The molecule has 2 N–H and O–H groups in total. The van der Waals surface area contributed by atoms with Crippen LogP contribution in [0.5, 0.6) is 0 Å². The average Bonchev–Trinajstić information content (AvgIpc) is 2.40. The monoisotopic (exact) mass is 315 g/mol. The van der Waals surface area contributed by atoms with E-state index in [0.29, 0.717) is 12.8 Å². The lowest BCUT2D eigenvalue weighted by atomic mass is 9.82. The first-order chi connectivity index (χ1) is 9.38. The number of benzene rings is 1. The maximum atomic E-state index is 11.7. The van der Waals surface area contributed by atoms with Crippen molar-refractivity contribution >= 4 is 21.4 Å². The molecule has 0 spiro atoms. The van der Waals surface area contributed by atoms with E-state index in [1.165, 1.54) is 6.26 Å². The van der Waals surface area contributed by atoms with Crippen LogP contribution in [0.15, 0.2) is 24.3 Å². The molecule has 20 heavy (non-hydrogen) atoms. The molecule has 0 aliphatic heterocycles. The quantitative estimate of drug-likeness (QED) is 0.929. The Labute approximate surface area is 126 Å². The average molecular weight is 316 g/mol. The van der Waals surface area contributed by atoms with Crippen LogP contribution >= 0.6 is 11.6 Å². The Bertz CT molecular complexity index is 559. The third kappa shape index (κ3) is 3.96. The van der Waals surface area contributed by atoms with Gasteiger partial charge in [-0.2, -0.15) is 0 Å². The number of hydrogen-bond donors (Lipinski definition) is 1. The fourth-order valence-electron chi connectivity index (χ4n) is 3.04. The first-order valence-corrected chi connectivity index (χ1v) is 9.39. The van der Waals surface area contributed by atoms with Gasteiger partial charge in [0.05, 0.1) is 5.25 Å². The van der Waals surface area contributed by atoms with Gasteiger partial charge < -0.3 is 5.73 Å². The van der Waals surface area contributed by atoms with Gasteiger partial charge in [-0.1, -0.05) is 36.2 Å². The van der Waals surface area contributed by atoms with Gasteiger partial charge in [-0.05, 0) is 43.2 Å². The van der Waals surface area contributed by atoms with E-state index >= 15 is 0 Å². The molecule has 1 aromatic rings. The van der Waals surface area contributed by atoms with E-state index in [1.54, 1.807) is 0 Å². The zero-order chi connectivity index (χ0) is 14.8. The molecule has 0 radical (unpaired) electrons. The fourth-order valence-corrected chi connectivity index (χ4v) is 4.45. The van der Waals surface area contributed by atoms with Gasteiger partial charge in [0, 0.05) is 17.3 Å². The Morgan fingerprint density at radius 2 is 2.05 bits per heavy atom. The number of nitrogens with two attached hydrogens (primary N) is 1. The Kier molecular flexibility index (Phi) is 5.10. The van der Waals surface area contributed by atoms with Gasteiger partial charge in [-0.3, -0.25) is 0 Å². The highest BCUT2D eigenvalue weighted by Crippen LogP contribution is 2.31. The van der Waals surface area contributed by atoms with Gasteiger partial charge in [0.1, 0.15) is 9.84 Å². The molecule has 0 heterocycles. The maximum Gasteiger partial charge on any atom is 0.150 e. The predicted molar refractivity (Wildman–Crippen MR) is 83.7 cm³/mol. The second kappa shape index (κ2) is 6.46. The summed E-state index contributed by atoms with van der Waals surface area (Å²) in [5.74, 6) is 0.264. The van der Waals surface area contributed by atoms with Crippen molar-refractivity contribution < 1.29 is 8.42 Å². The van der Waals surface area contributed by atoms with Crippen LogP contribution in [0.4, 0.5) is 0 Å². The molecule has 3 atom stereocenters. The van der Waals surface area contributed by atoms with Crippen LogP contribution in [-0.4, -0.2) is 26.0 Å². The number of sulfone groups is 1. The summed E-state index contributed by atoms with van der Waals surface area (Å²) in [6.45, 7) is 0. The third-order valence-electron chi connectivity index (χ3n) is 4.29. The molecular weight excluding hydrogens is 294 g/mol. The largest absolute Gasteiger partial charge is 0.327 e. The van der Waals surface area contributed by atoms with Gasteiger partial charge in [0.25, 0.3) is 0 Å². The first kappa shape index (κ1) is 15.8. The summed E-state index contributed by atoms with van der Waals surface area (Å²) in [4.78, 5) is 0. The Morgan fingerprint density at radius 1 is 1.35 bits per heavy atom. The number of hydrogen-bond acceptors (Lipinski definition) is 3. The smallest absolute Gasteiger partial charge is 0.150 e. The molecule has 1 aliphatic rings. The zero-order valence-electron chi connectivity index (χ0n) is 11.8. The minimum Gasteiger partial charge on any atom is -0.327 e. The van der Waals surface area contributed by atoms with Crippen molar-refractivity contribution in [1.29, 1.82) is 0 Å². The zero-order valence-corrected chi connectivity index (χ0v) is 13.3.